The summed E-state index contributed by atoms with van der Waals surface area (Å²) in [6, 6.07) is 0.776. The fraction of sp³-hybridized carbons (Fsp3) is 0.800. The fourth-order valence-corrected chi connectivity index (χ4v) is 3.08. The summed E-state index contributed by atoms with van der Waals surface area (Å²) < 4.78 is 5.16. The van der Waals surface area contributed by atoms with E-state index < -0.39 is 0 Å². The lowest BCUT2D eigenvalue weighted by Gasteiger charge is -2.31. The third-order valence-electron chi connectivity index (χ3n) is 3.84. The summed E-state index contributed by atoms with van der Waals surface area (Å²) in [4.78, 5) is 13.0. The first kappa shape index (κ1) is 15.8. The van der Waals surface area contributed by atoms with Crippen LogP contribution < -0.4 is 15.4 Å². The quantitative estimate of drug-likeness (QED) is 0.840. The average molecular weight is 293 g/mol. The van der Waals surface area contributed by atoms with Gasteiger partial charge in [-0.25, -0.2) is 0 Å². The van der Waals surface area contributed by atoms with Gasteiger partial charge in [0.1, 0.15) is 0 Å². The number of anilines is 2. The van der Waals surface area contributed by atoms with Gasteiger partial charge in [0.15, 0.2) is 0 Å². The first-order chi connectivity index (χ1) is 10.1. The Kier molecular flexibility index (Phi) is 5.59. The Morgan fingerprint density at radius 2 is 1.71 bits per heavy atom. The zero-order chi connectivity index (χ0) is 15.2. The molecule has 2 atom stereocenters. The van der Waals surface area contributed by atoms with Gasteiger partial charge in [0.2, 0.25) is 11.9 Å². The molecule has 118 valence electrons. The molecule has 0 aromatic carbocycles. The second-order valence-electron chi connectivity index (χ2n) is 6.15. The highest BCUT2D eigenvalue weighted by molar-refractivity contribution is 5.36. The molecule has 6 heteroatoms. The molecule has 6 nitrogen and oxygen atoms in total. The van der Waals surface area contributed by atoms with E-state index in [1.54, 1.807) is 7.11 Å². The molecule has 0 aliphatic heterocycles. The van der Waals surface area contributed by atoms with Gasteiger partial charge in [-0.15, -0.1) is 0 Å². The van der Waals surface area contributed by atoms with E-state index in [0.717, 1.165) is 37.6 Å². The maximum absolute atomic E-state index is 5.16. The Hall–Kier alpha value is -1.59. The van der Waals surface area contributed by atoms with E-state index in [1.165, 1.54) is 6.42 Å². The molecular weight excluding hydrogens is 266 g/mol. The number of rotatable bonds is 6. The van der Waals surface area contributed by atoms with Gasteiger partial charge >= 0.3 is 6.01 Å². The van der Waals surface area contributed by atoms with Crippen molar-refractivity contribution >= 4 is 11.9 Å². The third-order valence-corrected chi connectivity index (χ3v) is 3.84. The Balaban J connectivity index is 2.07. The van der Waals surface area contributed by atoms with E-state index in [-0.39, 0.29) is 0 Å². The SMILES string of the molecule is CCCNc1nc(NC2CC(C)CC(C)C2)nc(OC)n1. The molecule has 2 rings (SSSR count). The average Bonchev–Trinajstić information content (AvgIpc) is 2.43. The van der Waals surface area contributed by atoms with Crippen molar-refractivity contribution in [1.82, 2.24) is 15.0 Å². The predicted molar refractivity (Wildman–Crippen MR) is 84.7 cm³/mol. The molecule has 1 aliphatic carbocycles. The number of nitrogens with zero attached hydrogens (tertiary/aromatic N) is 3. The molecule has 0 amide bonds. The van der Waals surface area contributed by atoms with Crippen LogP contribution >= 0.6 is 0 Å². The van der Waals surface area contributed by atoms with Gasteiger partial charge in [-0.1, -0.05) is 20.8 Å². The summed E-state index contributed by atoms with van der Waals surface area (Å²) in [7, 11) is 1.58. The smallest absolute Gasteiger partial charge is 0.322 e. The number of hydrogen-bond acceptors (Lipinski definition) is 6. The van der Waals surface area contributed by atoms with Crippen molar-refractivity contribution < 1.29 is 4.74 Å². The van der Waals surface area contributed by atoms with Crippen LogP contribution in [0.25, 0.3) is 0 Å². The number of ether oxygens (including phenoxy) is 1. The number of methoxy groups -OCH3 is 1. The standard InChI is InChI=1S/C15H27N5O/c1-5-6-16-13-18-14(20-15(19-13)21-4)17-12-8-10(2)7-11(3)9-12/h10-12H,5-9H2,1-4H3,(H2,16,17,18,19,20). The second kappa shape index (κ2) is 7.43. The molecule has 1 saturated carbocycles. The lowest BCUT2D eigenvalue weighted by molar-refractivity contribution is 0.280. The summed E-state index contributed by atoms with van der Waals surface area (Å²) in [6.45, 7) is 7.57. The molecular formula is C15H27N5O. The Labute approximate surface area is 127 Å². The summed E-state index contributed by atoms with van der Waals surface area (Å²) in [5, 5.41) is 6.63. The lowest BCUT2D eigenvalue weighted by Crippen LogP contribution is -2.31. The number of hydrogen-bond donors (Lipinski definition) is 2. The first-order valence-corrected chi connectivity index (χ1v) is 7.91. The number of nitrogens with one attached hydrogen (secondary N) is 2. The second-order valence-corrected chi connectivity index (χ2v) is 6.15. The molecule has 2 N–H and O–H groups in total. The Morgan fingerprint density at radius 1 is 1.05 bits per heavy atom. The van der Waals surface area contributed by atoms with E-state index in [4.69, 9.17) is 4.74 Å². The molecule has 0 saturated heterocycles. The third kappa shape index (κ3) is 4.72. The van der Waals surface area contributed by atoms with Crippen LogP contribution in [0.3, 0.4) is 0 Å². The van der Waals surface area contributed by atoms with Crippen molar-refractivity contribution in [3.05, 3.63) is 0 Å². The van der Waals surface area contributed by atoms with Crippen LogP contribution in [-0.2, 0) is 0 Å². The van der Waals surface area contributed by atoms with E-state index in [0.29, 0.717) is 23.9 Å². The van der Waals surface area contributed by atoms with Crippen LogP contribution in [-0.4, -0.2) is 34.6 Å². The van der Waals surface area contributed by atoms with Crippen molar-refractivity contribution in [3.63, 3.8) is 0 Å². The molecule has 1 aliphatic rings. The van der Waals surface area contributed by atoms with Crippen LogP contribution in [0.4, 0.5) is 11.9 Å². The van der Waals surface area contributed by atoms with Crippen molar-refractivity contribution in [2.24, 2.45) is 11.8 Å². The highest BCUT2D eigenvalue weighted by Gasteiger charge is 2.24. The van der Waals surface area contributed by atoms with E-state index in [2.05, 4.69) is 46.4 Å². The van der Waals surface area contributed by atoms with Crippen molar-refractivity contribution in [1.29, 1.82) is 0 Å². The van der Waals surface area contributed by atoms with Crippen LogP contribution in [0.15, 0.2) is 0 Å². The molecule has 1 heterocycles. The van der Waals surface area contributed by atoms with Gasteiger partial charge in [0.05, 0.1) is 7.11 Å². The molecule has 2 unspecified atom stereocenters. The van der Waals surface area contributed by atoms with Crippen molar-refractivity contribution in [2.45, 2.75) is 52.5 Å². The molecule has 21 heavy (non-hydrogen) atoms. The van der Waals surface area contributed by atoms with Gasteiger partial charge in [-0.3, -0.25) is 0 Å². The Bertz CT molecular complexity index is 444. The van der Waals surface area contributed by atoms with E-state index >= 15 is 0 Å². The molecule has 0 bridgehead atoms. The summed E-state index contributed by atoms with van der Waals surface area (Å²) >= 11 is 0. The van der Waals surface area contributed by atoms with Crippen LogP contribution in [0.1, 0.15) is 46.5 Å². The fourth-order valence-electron chi connectivity index (χ4n) is 3.08. The lowest BCUT2D eigenvalue weighted by atomic mass is 9.80. The summed E-state index contributed by atoms with van der Waals surface area (Å²) in [5.74, 6) is 2.66. The van der Waals surface area contributed by atoms with Crippen LogP contribution in [0.5, 0.6) is 6.01 Å². The van der Waals surface area contributed by atoms with Gasteiger partial charge in [0, 0.05) is 12.6 Å². The van der Waals surface area contributed by atoms with Gasteiger partial charge in [-0.2, -0.15) is 15.0 Å². The first-order valence-electron chi connectivity index (χ1n) is 7.91. The summed E-state index contributed by atoms with van der Waals surface area (Å²) in [5.41, 5.74) is 0. The Morgan fingerprint density at radius 3 is 2.33 bits per heavy atom. The topological polar surface area (TPSA) is 72.0 Å². The van der Waals surface area contributed by atoms with E-state index in [1.807, 2.05) is 0 Å². The highest BCUT2D eigenvalue weighted by Crippen LogP contribution is 2.30. The zero-order valence-corrected chi connectivity index (χ0v) is 13.5. The minimum absolute atomic E-state index is 0.350. The van der Waals surface area contributed by atoms with Crippen molar-refractivity contribution in [2.75, 3.05) is 24.3 Å². The minimum Gasteiger partial charge on any atom is -0.467 e. The molecule has 1 aromatic heterocycles. The zero-order valence-electron chi connectivity index (χ0n) is 13.5. The monoisotopic (exact) mass is 293 g/mol. The highest BCUT2D eigenvalue weighted by atomic mass is 16.5. The minimum atomic E-state index is 0.350. The molecule has 0 radical (unpaired) electrons. The maximum Gasteiger partial charge on any atom is 0.322 e. The van der Waals surface area contributed by atoms with Crippen LogP contribution in [0, 0.1) is 11.8 Å². The number of aromatic nitrogens is 3. The van der Waals surface area contributed by atoms with E-state index in [9.17, 15) is 0 Å². The van der Waals surface area contributed by atoms with Gasteiger partial charge < -0.3 is 15.4 Å². The normalized spacial score (nSPS) is 25.4. The predicted octanol–water partition coefficient (Wildman–Crippen LogP) is 2.94. The van der Waals surface area contributed by atoms with Gasteiger partial charge in [-0.05, 0) is 37.5 Å². The maximum atomic E-state index is 5.16. The van der Waals surface area contributed by atoms with Crippen molar-refractivity contribution in [3.8, 4) is 6.01 Å². The molecule has 1 fully saturated rings. The molecule has 1 aromatic rings. The molecule has 0 spiro atoms. The largest absolute Gasteiger partial charge is 0.467 e. The summed E-state index contributed by atoms with van der Waals surface area (Å²) in [6.07, 6.45) is 4.66. The van der Waals surface area contributed by atoms with Gasteiger partial charge in [0.25, 0.3) is 0 Å². The van der Waals surface area contributed by atoms with Crippen LogP contribution in [0.2, 0.25) is 0 Å².